The zero-order valence-electron chi connectivity index (χ0n) is 18.8. The lowest BCUT2D eigenvalue weighted by Crippen LogP contribution is -2.36. The summed E-state index contributed by atoms with van der Waals surface area (Å²) in [4.78, 5) is 26.7. The van der Waals surface area contributed by atoms with Gasteiger partial charge in [0, 0.05) is 30.8 Å². The fraction of sp³-hybridized carbons (Fsp3) is 0.333. The summed E-state index contributed by atoms with van der Waals surface area (Å²) in [5.74, 6) is 2.38. The average Bonchev–Trinajstić information content (AvgIpc) is 3.21. The van der Waals surface area contributed by atoms with Gasteiger partial charge in [-0.2, -0.15) is 0 Å². The van der Waals surface area contributed by atoms with Gasteiger partial charge in [-0.15, -0.1) is 0 Å². The van der Waals surface area contributed by atoms with Crippen molar-refractivity contribution in [3.05, 3.63) is 42.0 Å². The maximum absolute atomic E-state index is 12.6. The van der Waals surface area contributed by atoms with E-state index in [2.05, 4.69) is 5.32 Å². The fourth-order valence-corrected chi connectivity index (χ4v) is 3.87. The first kappa shape index (κ1) is 22.3. The predicted octanol–water partition coefficient (Wildman–Crippen LogP) is 2.42. The molecule has 2 heterocycles. The van der Waals surface area contributed by atoms with Crippen LogP contribution in [0.1, 0.15) is 12.0 Å². The molecule has 0 bridgehead atoms. The van der Waals surface area contributed by atoms with E-state index < -0.39 is 0 Å². The van der Waals surface area contributed by atoms with Gasteiger partial charge in [0.05, 0.1) is 27.4 Å². The predicted molar refractivity (Wildman–Crippen MR) is 121 cm³/mol. The first-order valence-corrected chi connectivity index (χ1v) is 10.5. The first-order chi connectivity index (χ1) is 16.0. The van der Waals surface area contributed by atoms with E-state index in [9.17, 15) is 9.59 Å². The molecule has 2 aliphatic rings. The van der Waals surface area contributed by atoms with Crippen molar-refractivity contribution in [3.8, 4) is 28.7 Å². The fourth-order valence-electron chi connectivity index (χ4n) is 3.87. The van der Waals surface area contributed by atoms with Gasteiger partial charge in [0.15, 0.2) is 23.0 Å². The quantitative estimate of drug-likeness (QED) is 0.642. The Bertz CT molecular complexity index is 1060. The largest absolute Gasteiger partial charge is 0.493 e. The molecule has 2 aromatic rings. The number of hydrogen-bond acceptors (Lipinski definition) is 7. The van der Waals surface area contributed by atoms with E-state index in [1.807, 2.05) is 6.07 Å². The highest BCUT2D eigenvalue weighted by molar-refractivity contribution is 5.98. The van der Waals surface area contributed by atoms with Crippen LogP contribution in [0.2, 0.25) is 0 Å². The first-order valence-electron chi connectivity index (χ1n) is 10.5. The van der Waals surface area contributed by atoms with E-state index in [0.717, 1.165) is 0 Å². The molecule has 0 saturated carbocycles. The molecule has 1 N–H and O–H groups in total. The lowest BCUT2D eigenvalue weighted by molar-refractivity contribution is -0.117. The summed E-state index contributed by atoms with van der Waals surface area (Å²) in [6.07, 6.45) is 3.28. The Kier molecular flexibility index (Phi) is 6.58. The van der Waals surface area contributed by atoms with Crippen LogP contribution in [0.5, 0.6) is 28.7 Å². The van der Waals surface area contributed by atoms with Crippen LogP contribution in [-0.4, -0.2) is 58.9 Å². The highest BCUT2D eigenvalue weighted by atomic mass is 16.6. The number of benzene rings is 2. The van der Waals surface area contributed by atoms with Gasteiger partial charge in [0.2, 0.25) is 17.6 Å². The normalized spacial score (nSPS) is 17.2. The molecule has 0 aliphatic carbocycles. The number of fused-ring (bicyclic) bond motifs is 1. The van der Waals surface area contributed by atoms with Crippen LogP contribution in [0.4, 0.5) is 5.69 Å². The summed E-state index contributed by atoms with van der Waals surface area (Å²) >= 11 is 0. The Labute approximate surface area is 191 Å². The van der Waals surface area contributed by atoms with Crippen LogP contribution >= 0.6 is 0 Å². The molecular formula is C24H26N2O7. The lowest BCUT2D eigenvalue weighted by Gasteiger charge is -2.22. The van der Waals surface area contributed by atoms with Crippen molar-refractivity contribution in [2.24, 2.45) is 0 Å². The molecule has 1 saturated heterocycles. The number of methoxy groups -OCH3 is 3. The average molecular weight is 454 g/mol. The molecule has 2 aromatic carbocycles. The molecule has 2 aliphatic heterocycles. The minimum atomic E-state index is -0.303. The standard InChI is InChI=1S/C24H26N2O7/c1-29-20-10-15(11-21(30-2)24(20)31-3)4-7-22(27)25-16-12-23(28)26(14-16)17-5-6-18-19(13-17)33-9-8-32-18/h4-7,10-11,13,16H,8-9,12,14H2,1-3H3,(H,25,27)/b7-4+. The number of anilines is 1. The second-order valence-corrected chi connectivity index (χ2v) is 7.53. The van der Waals surface area contributed by atoms with E-state index >= 15 is 0 Å². The van der Waals surface area contributed by atoms with Crippen molar-refractivity contribution in [1.82, 2.24) is 5.32 Å². The number of carbonyl (C=O) groups excluding carboxylic acids is 2. The van der Waals surface area contributed by atoms with Gasteiger partial charge in [0.1, 0.15) is 13.2 Å². The van der Waals surface area contributed by atoms with Gasteiger partial charge in [-0.25, -0.2) is 0 Å². The van der Waals surface area contributed by atoms with Crippen molar-refractivity contribution in [3.63, 3.8) is 0 Å². The Hall–Kier alpha value is -3.88. The maximum atomic E-state index is 12.6. The smallest absolute Gasteiger partial charge is 0.244 e. The molecule has 0 spiro atoms. The van der Waals surface area contributed by atoms with Crippen LogP contribution < -0.4 is 33.9 Å². The highest BCUT2D eigenvalue weighted by Gasteiger charge is 2.32. The van der Waals surface area contributed by atoms with Crippen LogP contribution in [0.15, 0.2) is 36.4 Å². The Morgan fingerprint density at radius 3 is 2.39 bits per heavy atom. The van der Waals surface area contributed by atoms with Crippen molar-refractivity contribution >= 4 is 23.6 Å². The van der Waals surface area contributed by atoms with Crippen molar-refractivity contribution in [1.29, 1.82) is 0 Å². The SMILES string of the molecule is COc1cc(/C=C/C(=O)NC2CC(=O)N(c3ccc4c(c3)OCCO4)C2)cc(OC)c1OC. The minimum absolute atomic E-state index is 0.0643. The second-order valence-electron chi connectivity index (χ2n) is 7.53. The van der Waals surface area contributed by atoms with E-state index in [0.29, 0.717) is 59.8 Å². The molecule has 9 heteroatoms. The second kappa shape index (κ2) is 9.72. The molecule has 2 amide bonds. The van der Waals surface area contributed by atoms with E-state index in [-0.39, 0.29) is 24.3 Å². The third-order valence-electron chi connectivity index (χ3n) is 5.42. The summed E-state index contributed by atoms with van der Waals surface area (Å²) in [6.45, 7) is 1.36. The number of ether oxygens (including phenoxy) is 5. The summed E-state index contributed by atoms with van der Waals surface area (Å²) in [5, 5.41) is 2.89. The van der Waals surface area contributed by atoms with E-state index in [4.69, 9.17) is 23.7 Å². The summed E-state index contributed by atoms with van der Waals surface area (Å²) in [6, 6.07) is 8.59. The topological polar surface area (TPSA) is 95.6 Å². The van der Waals surface area contributed by atoms with E-state index in [1.165, 1.54) is 27.4 Å². The van der Waals surface area contributed by atoms with Crippen LogP contribution in [-0.2, 0) is 9.59 Å². The van der Waals surface area contributed by atoms with Gasteiger partial charge in [-0.05, 0) is 35.9 Å². The number of hydrogen-bond donors (Lipinski definition) is 1. The zero-order valence-corrected chi connectivity index (χ0v) is 18.8. The number of nitrogens with one attached hydrogen (secondary N) is 1. The third kappa shape index (κ3) is 4.82. The van der Waals surface area contributed by atoms with Crippen molar-refractivity contribution in [2.45, 2.75) is 12.5 Å². The van der Waals surface area contributed by atoms with Gasteiger partial charge >= 0.3 is 0 Å². The van der Waals surface area contributed by atoms with Crippen molar-refractivity contribution in [2.75, 3.05) is 46.0 Å². The van der Waals surface area contributed by atoms with Gasteiger partial charge in [-0.3, -0.25) is 9.59 Å². The van der Waals surface area contributed by atoms with Gasteiger partial charge in [-0.1, -0.05) is 0 Å². The summed E-state index contributed by atoms with van der Waals surface area (Å²) < 4.78 is 27.1. The molecule has 1 unspecified atom stereocenters. The van der Waals surface area contributed by atoms with Crippen LogP contribution in [0.3, 0.4) is 0 Å². The Morgan fingerprint density at radius 2 is 1.73 bits per heavy atom. The molecule has 1 atom stereocenters. The molecule has 4 rings (SSSR count). The molecule has 174 valence electrons. The molecule has 1 fully saturated rings. The third-order valence-corrected chi connectivity index (χ3v) is 5.42. The highest BCUT2D eigenvalue weighted by Crippen LogP contribution is 2.38. The molecular weight excluding hydrogens is 428 g/mol. The monoisotopic (exact) mass is 454 g/mol. The van der Waals surface area contributed by atoms with E-state index in [1.54, 1.807) is 35.2 Å². The van der Waals surface area contributed by atoms with Gasteiger partial charge in [0.25, 0.3) is 0 Å². The zero-order chi connectivity index (χ0) is 23.4. The maximum Gasteiger partial charge on any atom is 0.244 e. The number of carbonyl (C=O) groups is 2. The van der Waals surface area contributed by atoms with Crippen LogP contribution in [0.25, 0.3) is 6.08 Å². The Morgan fingerprint density at radius 1 is 1.03 bits per heavy atom. The molecule has 33 heavy (non-hydrogen) atoms. The lowest BCUT2D eigenvalue weighted by atomic mass is 10.1. The molecule has 0 radical (unpaired) electrons. The number of rotatable bonds is 7. The summed E-state index contributed by atoms with van der Waals surface area (Å²) in [7, 11) is 4.59. The number of amides is 2. The molecule has 0 aromatic heterocycles. The van der Waals surface area contributed by atoms with Crippen molar-refractivity contribution < 1.29 is 33.3 Å². The molecule has 9 nitrogen and oxygen atoms in total. The summed E-state index contributed by atoms with van der Waals surface area (Å²) in [5.41, 5.74) is 1.43. The number of nitrogens with zero attached hydrogens (tertiary/aromatic N) is 1. The minimum Gasteiger partial charge on any atom is -0.493 e. The van der Waals surface area contributed by atoms with Gasteiger partial charge < -0.3 is 33.9 Å². The van der Waals surface area contributed by atoms with Crippen LogP contribution in [0, 0.1) is 0 Å². The Balaban J connectivity index is 1.40.